The summed E-state index contributed by atoms with van der Waals surface area (Å²) in [5, 5.41) is 0. The second-order valence-electron chi connectivity index (χ2n) is 5.57. The summed E-state index contributed by atoms with van der Waals surface area (Å²) in [5.74, 6) is 1.43. The van der Waals surface area contributed by atoms with E-state index in [9.17, 15) is 8.42 Å². The van der Waals surface area contributed by atoms with E-state index >= 15 is 0 Å². The lowest BCUT2D eigenvalue weighted by Crippen LogP contribution is -2.12. The molecule has 0 N–H and O–H groups in total. The molecule has 24 heavy (non-hydrogen) atoms. The summed E-state index contributed by atoms with van der Waals surface area (Å²) in [6, 6.07) is 8.86. The van der Waals surface area contributed by atoms with Crippen molar-refractivity contribution in [2.45, 2.75) is 24.3 Å². The maximum absolute atomic E-state index is 12.2. The molecule has 1 heterocycles. The van der Waals surface area contributed by atoms with Crippen LogP contribution in [-0.2, 0) is 20.7 Å². The first kappa shape index (κ1) is 17.3. The van der Waals surface area contributed by atoms with E-state index in [0.29, 0.717) is 17.7 Å². The highest BCUT2D eigenvalue weighted by Gasteiger charge is 2.32. The topological polar surface area (TPSA) is 61.8 Å². The van der Waals surface area contributed by atoms with Crippen molar-refractivity contribution in [2.24, 2.45) is 0 Å². The molecule has 1 aliphatic rings. The summed E-state index contributed by atoms with van der Waals surface area (Å²) in [4.78, 5) is 0.136. The summed E-state index contributed by atoms with van der Waals surface area (Å²) in [7, 11) is -1.05. The molecule has 3 rings (SSSR count). The average Bonchev–Trinajstić information content (AvgIpc) is 2.99. The molecule has 128 valence electrons. The van der Waals surface area contributed by atoms with Crippen LogP contribution in [-0.4, -0.2) is 22.6 Å². The van der Waals surface area contributed by atoms with Gasteiger partial charge in [0, 0.05) is 17.5 Å². The Morgan fingerprint density at radius 3 is 2.62 bits per heavy atom. The number of fused-ring (bicyclic) bond motifs is 1. The molecule has 0 aliphatic carbocycles. The van der Waals surface area contributed by atoms with Crippen molar-refractivity contribution in [3.05, 3.63) is 51.5 Å². The highest BCUT2D eigenvalue weighted by molar-refractivity contribution is 9.10. The molecule has 1 unspecified atom stereocenters. The van der Waals surface area contributed by atoms with E-state index in [-0.39, 0.29) is 4.90 Å². The van der Waals surface area contributed by atoms with Crippen LogP contribution in [0.2, 0.25) is 0 Å². The van der Waals surface area contributed by atoms with Crippen molar-refractivity contribution in [3.63, 3.8) is 0 Å². The van der Waals surface area contributed by atoms with Crippen molar-refractivity contribution in [3.8, 4) is 11.5 Å². The minimum atomic E-state index is -3.81. The smallest absolute Gasteiger partial charge is 0.297 e. The van der Waals surface area contributed by atoms with Crippen LogP contribution < -0.4 is 9.47 Å². The predicted molar refractivity (Wildman–Crippen MR) is 93.1 cm³/mol. The summed E-state index contributed by atoms with van der Waals surface area (Å²) < 4.78 is 41.2. The lowest BCUT2D eigenvalue weighted by atomic mass is 10.0. The molecular formula is C17H17BrO5S. The van der Waals surface area contributed by atoms with E-state index < -0.39 is 16.2 Å². The van der Waals surface area contributed by atoms with E-state index in [2.05, 4.69) is 20.1 Å². The normalized spacial score (nSPS) is 16.6. The minimum Gasteiger partial charge on any atom is -0.497 e. The van der Waals surface area contributed by atoms with Crippen LogP contribution in [0.25, 0.3) is 0 Å². The van der Waals surface area contributed by atoms with Gasteiger partial charge in [-0.15, -0.1) is 0 Å². The predicted octanol–water partition coefficient (Wildman–Crippen LogP) is 3.78. The van der Waals surface area contributed by atoms with Gasteiger partial charge in [-0.3, -0.25) is 4.18 Å². The number of hydrogen-bond donors (Lipinski definition) is 0. The molecule has 0 saturated heterocycles. The number of rotatable bonds is 4. The molecule has 0 aromatic heterocycles. The molecule has 2 aromatic rings. The monoisotopic (exact) mass is 412 g/mol. The van der Waals surface area contributed by atoms with Gasteiger partial charge in [-0.25, -0.2) is 0 Å². The van der Waals surface area contributed by atoms with Gasteiger partial charge in [0.25, 0.3) is 10.1 Å². The lowest BCUT2D eigenvalue weighted by Gasteiger charge is -2.16. The van der Waals surface area contributed by atoms with Gasteiger partial charge < -0.3 is 9.47 Å². The highest BCUT2D eigenvalue weighted by atomic mass is 79.9. The second-order valence-corrected chi connectivity index (χ2v) is 8.11. The Kier molecular flexibility index (Phi) is 4.59. The SMILES string of the molecule is COc1cc(Br)c2c(c1)CC(c1cc(C)ccc1S(=O)(=O)OC)O2. The highest BCUT2D eigenvalue weighted by Crippen LogP contribution is 2.45. The number of ether oxygens (including phenoxy) is 2. The molecule has 7 heteroatoms. The molecular weight excluding hydrogens is 396 g/mol. The van der Waals surface area contributed by atoms with Crippen LogP contribution in [0.4, 0.5) is 0 Å². The fourth-order valence-electron chi connectivity index (χ4n) is 2.82. The molecule has 0 saturated carbocycles. The van der Waals surface area contributed by atoms with Crippen molar-refractivity contribution in [2.75, 3.05) is 14.2 Å². The second kappa shape index (κ2) is 6.38. The van der Waals surface area contributed by atoms with Gasteiger partial charge in [0.2, 0.25) is 0 Å². The van der Waals surface area contributed by atoms with E-state index in [1.165, 1.54) is 0 Å². The van der Waals surface area contributed by atoms with Crippen molar-refractivity contribution in [1.29, 1.82) is 0 Å². The molecule has 0 radical (unpaired) electrons. The molecule has 1 atom stereocenters. The Labute approximate surface area is 149 Å². The van der Waals surface area contributed by atoms with Crippen LogP contribution in [0.5, 0.6) is 11.5 Å². The minimum absolute atomic E-state index is 0.136. The fraction of sp³-hybridized carbons (Fsp3) is 0.294. The molecule has 0 amide bonds. The van der Waals surface area contributed by atoms with E-state index in [4.69, 9.17) is 9.47 Å². The molecule has 1 aliphatic heterocycles. The molecule has 5 nitrogen and oxygen atoms in total. The van der Waals surface area contributed by atoms with Gasteiger partial charge in [0.15, 0.2) is 0 Å². The average molecular weight is 413 g/mol. The maximum atomic E-state index is 12.2. The van der Waals surface area contributed by atoms with Crippen LogP contribution in [0.1, 0.15) is 22.8 Å². The van der Waals surface area contributed by atoms with Crippen LogP contribution in [0, 0.1) is 6.92 Å². The van der Waals surface area contributed by atoms with Gasteiger partial charge >= 0.3 is 0 Å². The largest absolute Gasteiger partial charge is 0.497 e. The third kappa shape index (κ3) is 3.03. The third-order valence-electron chi connectivity index (χ3n) is 4.00. The van der Waals surface area contributed by atoms with Gasteiger partial charge in [-0.1, -0.05) is 17.7 Å². The van der Waals surface area contributed by atoms with Crippen LogP contribution in [0.3, 0.4) is 0 Å². The molecule has 0 bridgehead atoms. The van der Waals surface area contributed by atoms with Gasteiger partial charge in [-0.2, -0.15) is 8.42 Å². The third-order valence-corrected chi connectivity index (χ3v) is 5.93. The van der Waals surface area contributed by atoms with Crippen molar-refractivity contribution >= 4 is 26.0 Å². The first-order chi connectivity index (χ1) is 11.4. The first-order valence-corrected chi connectivity index (χ1v) is 9.50. The number of methoxy groups -OCH3 is 1. The van der Waals surface area contributed by atoms with Crippen LogP contribution in [0.15, 0.2) is 39.7 Å². The summed E-state index contributed by atoms with van der Waals surface area (Å²) in [5.41, 5.74) is 2.52. The standard InChI is InChI=1S/C17H17BrO5S/c1-10-4-5-16(24(19,20)22-3)13(6-10)15-8-11-7-12(21-2)9-14(18)17(11)23-15/h4-7,9,15H,8H2,1-3H3. The Hall–Kier alpha value is -1.57. The first-order valence-electron chi connectivity index (χ1n) is 7.30. The molecule has 0 spiro atoms. The summed E-state index contributed by atoms with van der Waals surface area (Å²) in [6.07, 6.45) is 0.157. The zero-order chi connectivity index (χ0) is 17.5. The Bertz CT molecular complexity index is 892. The van der Waals surface area contributed by atoms with E-state index in [1.807, 2.05) is 25.1 Å². The number of halogens is 1. The quantitative estimate of drug-likeness (QED) is 0.714. The fourth-order valence-corrected chi connectivity index (χ4v) is 4.29. The maximum Gasteiger partial charge on any atom is 0.297 e. The molecule has 2 aromatic carbocycles. The summed E-state index contributed by atoms with van der Waals surface area (Å²) >= 11 is 3.48. The Morgan fingerprint density at radius 1 is 1.21 bits per heavy atom. The van der Waals surface area contributed by atoms with Gasteiger partial charge in [0.1, 0.15) is 22.5 Å². The number of aryl methyl sites for hydroxylation is 1. The number of hydrogen-bond acceptors (Lipinski definition) is 5. The van der Waals surface area contributed by atoms with Gasteiger partial charge in [0.05, 0.1) is 18.7 Å². The summed E-state index contributed by atoms with van der Waals surface area (Å²) in [6.45, 7) is 1.91. The zero-order valence-electron chi connectivity index (χ0n) is 13.5. The Morgan fingerprint density at radius 2 is 1.96 bits per heavy atom. The lowest BCUT2D eigenvalue weighted by molar-refractivity contribution is 0.233. The van der Waals surface area contributed by atoms with E-state index in [0.717, 1.165) is 28.5 Å². The zero-order valence-corrected chi connectivity index (χ0v) is 15.9. The van der Waals surface area contributed by atoms with Crippen LogP contribution >= 0.6 is 15.9 Å². The van der Waals surface area contributed by atoms with E-state index in [1.54, 1.807) is 19.2 Å². The Balaban J connectivity index is 2.06. The van der Waals surface area contributed by atoms with Gasteiger partial charge in [-0.05, 0) is 41.1 Å². The number of benzene rings is 2. The molecule has 0 fully saturated rings. The van der Waals surface area contributed by atoms with Crippen molar-refractivity contribution in [1.82, 2.24) is 0 Å². The van der Waals surface area contributed by atoms with Crippen molar-refractivity contribution < 1.29 is 22.1 Å².